The zero-order valence-corrected chi connectivity index (χ0v) is 15.2. The first kappa shape index (κ1) is 18.2. The highest BCUT2D eigenvalue weighted by atomic mass is 32.2. The van der Waals surface area contributed by atoms with Crippen LogP contribution in [0.15, 0.2) is 42.7 Å². The molecular formula is C17H23N3O3S. The van der Waals surface area contributed by atoms with Crippen LogP contribution in [0.4, 0.5) is 0 Å². The van der Waals surface area contributed by atoms with Gasteiger partial charge in [0.15, 0.2) is 9.84 Å². The second-order valence-electron chi connectivity index (χ2n) is 6.09. The quantitative estimate of drug-likeness (QED) is 0.796. The Bertz CT molecular complexity index is 799. The summed E-state index contributed by atoms with van der Waals surface area (Å²) in [5.74, 6) is -0.134. The summed E-state index contributed by atoms with van der Waals surface area (Å²) in [5.41, 5.74) is 1.71. The Labute approximate surface area is 143 Å². The standard InChI is InChI=1S/C17H23N3O3S/c1-13(14(2)24(4,22)23)19(3)17(21)10-15-11-18-20(12-15)16-8-6-5-7-9-16/h5-9,11-14H,10H2,1-4H3. The van der Waals surface area contributed by atoms with Gasteiger partial charge in [-0.2, -0.15) is 5.10 Å². The third kappa shape index (κ3) is 4.23. The van der Waals surface area contributed by atoms with Gasteiger partial charge in [0, 0.05) is 25.5 Å². The SMILES string of the molecule is CC(C(C)S(C)(=O)=O)N(C)C(=O)Cc1cnn(-c2ccccc2)c1. The van der Waals surface area contributed by atoms with E-state index in [0.717, 1.165) is 11.3 Å². The average molecular weight is 349 g/mol. The number of nitrogens with zero attached hydrogens (tertiary/aromatic N) is 3. The molecule has 0 N–H and O–H groups in total. The molecule has 2 unspecified atom stereocenters. The summed E-state index contributed by atoms with van der Waals surface area (Å²) in [7, 11) is -1.56. The third-order valence-corrected chi connectivity index (χ3v) is 6.12. The summed E-state index contributed by atoms with van der Waals surface area (Å²) in [6, 6.07) is 9.24. The molecule has 130 valence electrons. The number of hydrogen-bond acceptors (Lipinski definition) is 4. The molecule has 0 bridgehead atoms. The van der Waals surface area contributed by atoms with E-state index in [1.807, 2.05) is 36.5 Å². The fraction of sp³-hybridized carbons (Fsp3) is 0.412. The number of sulfone groups is 1. The van der Waals surface area contributed by atoms with Gasteiger partial charge in [0.05, 0.1) is 23.6 Å². The maximum Gasteiger partial charge on any atom is 0.227 e. The summed E-state index contributed by atoms with van der Waals surface area (Å²) in [4.78, 5) is 13.9. The van der Waals surface area contributed by atoms with E-state index in [1.54, 1.807) is 31.8 Å². The molecule has 0 fully saturated rings. The lowest BCUT2D eigenvalue weighted by Gasteiger charge is -2.28. The molecule has 1 aromatic carbocycles. The van der Waals surface area contributed by atoms with Gasteiger partial charge in [0.25, 0.3) is 0 Å². The fourth-order valence-corrected chi connectivity index (χ4v) is 3.27. The Hall–Kier alpha value is -2.15. The predicted molar refractivity (Wildman–Crippen MR) is 93.8 cm³/mol. The molecule has 0 radical (unpaired) electrons. The van der Waals surface area contributed by atoms with Crippen LogP contribution >= 0.6 is 0 Å². The lowest BCUT2D eigenvalue weighted by molar-refractivity contribution is -0.130. The van der Waals surface area contributed by atoms with Crippen LogP contribution in [-0.2, 0) is 21.1 Å². The average Bonchev–Trinajstić information content (AvgIpc) is 3.01. The van der Waals surface area contributed by atoms with Crippen molar-refractivity contribution < 1.29 is 13.2 Å². The van der Waals surface area contributed by atoms with Crippen molar-refractivity contribution in [3.63, 3.8) is 0 Å². The van der Waals surface area contributed by atoms with Gasteiger partial charge in [-0.3, -0.25) is 4.79 Å². The minimum absolute atomic E-state index is 0.134. The predicted octanol–water partition coefficient (Wildman–Crippen LogP) is 1.69. The van der Waals surface area contributed by atoms with Crippen molar-refractivity contribution in [3.05, 3.63) is 48.3 Å². The van der Waals surface area contributed by atoms with E-state index in [2.05, 4.69) is 5.10 Å². The van der Waals surface area contributed by atoms with Crippen molar-refractivity contribution >= 4 is 15.7 Å². The Morgan fingerprint density at radius 1 is 1.25 bits per heavy atom. The van der Waals surface area contributed by atoms with E-state index in [0.29, 0.717) is 0 Å². The van der Waals surface area contributed by atoms with E-state index in [1.165, 1.54) is 11.2 Å². The van der Waals surface area contributed by atoms with Crippen molar-refractivity contribution in [1.29, 1.82) is 0 Å². The van der Waals surface area contributed by atoms with Gasteiger partial charge in [0.1, 0.15) is 0 Å². The van der Waals surface area contributed by atoms with Crippen LogP contribution in [0.1, 0.15) is 19.4 Å². The largest absolute Gasteiger partial charge is 0.341 e. The van der Waals surface area contributed by atoms with E-state index in [-0.39, 0.29) is 12.3 Å². The van der Waals surface area contributed by atoms with Gasteiger partial charge in [0.2, 0.25) is 5.91 Å². The van der Waals surface area contributed by atoms with Gasteiger partial charge in [-0.1, -0.05) is 18.2 Å². The number of amides is 1. The first-order valence-electron chi connectivity index (χ1n) is 7.73. The molecule has 7 heteroatoms. The second kappa shape index (κ2) is 7.17. The molecular weight excluding hydrogens is 326 g/mol. The van der Waals surface area contributed by atoms with E-state index in [4.69, 9.17) is 0 Å². The number of carbonyl (C=O) groups excluding carboxylic acids is 1. The van der Waals surface area contributed by atoms with Crippen LogP contribution in [0, 0.1) is 0 Å². The molecule has 2 aromatic rings. The van der Waals surface area contributed by atoms with Crippen LogP contribution in [0.3, 0.4) is 0 Å². The normalized spacial score (nSPS) is 14.2. The third-order valence-electron chi connectivity index (χ3n) is 4.37. The Morgan fingerprint density at radius 2 is 1.88 bits per heavy atom. The van der Waals surface area contributed by atoms with Gasteiger partial charge < -0.3 is 4.90 Å². The Balaban J connectivity index is 2.06. The lowest BCUT2D eigenvalue weighted by atomic mass is 10.2. The van der Waals surface area contributed by atoms with Crippen LogP contribution in [0.25, 0.3) is 5.69 Å². The van der Waals surface area contributed by atoms with Crippen molar-refractivity contribution in [2.75, 3.05) is 13.3 Å². The fourth-order valence-electron chi connectivity index (χ4n) is 2.37. The molecule has 0 saturated heterocycles. The first-order valence-corrected chi connectivity index (χ1v) is 9.69. The van der Waals surface area contributed by atoms with Crippen molar-refractivity contribution in [2.24, 2.45) is 0 Å². The van der Waals surface area contributed by atoms with Crippen LogP contribution in [0.2, 0.25) is 0 Å². The molecule has 6 nitrogen and oxygen atoms in total. The van der Waals surface area contributed by atoms with Crippen LogP contribution in [0.5, 0.6) is 0 Å². The molecule has 0 saturated carbocycles. The molecule has 24 heavy (non-hydrogen) atoms. The monoisotopic (exact) mass is 349 g/mol. The van der Waals surface area contributed by atoms with Crippen LogP contribution < -0.4 is 0 Å². The lowest BCUT2D eigenvalue weighted by Crippen LogP contribution is -2.44. The van der Waals surface area contributed by atoms with Crippen LogP contribution in [-0.4, -0.2) is 53.6 Å². The van der Waals surface area contributed by atoms with Crippen molar-refractivity contribution in [2.45, 2.75) is 31.6 Å². The molecule has 0 aliphatic rings. The second-order valence-corrected chi connectivity index (χ2v) is 8.49. The highest BCUT2D eigenvalue weighted by molar-refractivity contribution is 7.91. The molecule has 1 amide bonds. The first-order chi connectivity index (χ1) is 11.2. The van der Waals surface area contributed by atoms with Gasteiger partial charge >= 0.3 is 0 Å². The Morgan fingerprint density at radius 3 is 2.46 bits per heavy atom. The summed E-state index contributed by atoms with van der Waals surface area (Å²) >= 11 is 0. The Kier molecular flexibility index (Phi) is 5.43. The van der Waals surface area contributed by atoms with Gasteiger partial charge in [-0.15, -0.1) is 0 Å². The molecule has 2 atom stereocenters. The number of aromatic nitrogens is 2. The topological polar surface area (TPSA) is 72.3 Å². The minimum Gasteiger partial charge on any atom is -0.341 e. The number of hydrogen-bond donors (Lipinski definition) is 0. The molecule has 1 heterocycles. The number of carbonyl (C=O) groups is 1. The van der Waals surface area contributed by atoms with E-state index < -0.39 is 21.1 Å². The number of benzene rings is 1. The van der Waals surface area contributed by atoms with Gasteiger partial charge in [-0.05, 0) is 31.5 Å². The highest BCUT2D eigenvalue weighted by Gasteiger charge is 2.28. The summed E-state index contributed by atoms with van der Waals surface area (Å²) < 4.78 is 25.0. The number of rotatable bonds is 6. The van der Waals surface area contributed by atoms with E-state index >= 15 is 0 Å². The molecule has 0 aliphatic carbocycles. The summed E-state index contributed by atoms with van der Waals surface area (Å²) in [5, 5.41) is 3.66. The number of para-hydroxylation sites is 1. The number of likely N-dealkylation sites (N-methyl/N-ethyl adjacent to an activating group) is 1. The minimum atomic E-state index is -3.20. The zero-order chi connectivity index (χ0) is 17.9. The van der Waals surface area contributed by atoms with Crippen molar-refractivity contribution in [3.8, 4) is 5.69 Å². The maximum atomic E-state index is 12.4. The molecule has 1 aromatic heterocycles. The molecule has 2 rings (SSSR count). The highest BCUT2D eigenvalue weighted by Crippen LogP contribution is 2.13. The van der Waals surface area contributed by atoms with E-state index in [9.17, 15) is 13.2 Å². The summed E-state index contributed by atoms with van der Waals surface area (Å²) in [6.45, 7) is 3.37. The molecule has 0 spiro atoms. The van der Waals surface area contributed by atoms with Crippen molar-refractivity contribution in [1.82, 2.24) is 14.7 Å². The maximum absolute atomic E-state index is 12.4. The zero-order valence-electron chi connectivity index (χ0n) is 14.4. The molecule has 0 aliphatic heterocycles. The summed E-state index contributed by atoms with van der Waals surface area (Å²) in [6.07, 6.45) is 4.84. The van der Waals surface area contributed by atoms with Gasteiger partial charge in [-0.25, -0.2) is 13.1 Å². The smallest absolute Gasteiger partial charge is 0.227 e.